The molecule has 2 aromatic heterocycles. The van der Waals surface area contributed by atoms with Crippen LogP contribution in [0.1, 0.15) is 11.3 Å². The summed E-state index contributed by atoms with van der Waals surface area (Å²) in [6, 6.07) is 14.0. The van der Waals surface area contributed by atoms with Gasteiger partial charge < -0.3 is 14.6 Å². The second kappa shape index (κ2) is 8.21. The lowest BCUT2D eigenvalue weighted by atomic mass is 10.0. The van der Waals surface area contributed by atoms with Crippen LogP contribution in [-0.4, -0.2) is 22.8 Å². The molecule has 5 nitrogen and oxygen atoms in total. The van der Waals surface area contributed by atoms with Gasteiger partial charge >= 0.3 is 0 Å². The van der Waals surface area contributed by atoms with Gasteiger partial charge in [0.05, 0.1) is 18.3 Å². The number of aromatic nitrogens is 2. The normalized spacial score (nSPS) is 13.0. The van der Waals surface area contributed by atoms with Gasteiger partial charge in [0, 0.05) is 48.6 Å². The average molecular weight is 440 g/mol. The van der Waals surface area contributed by atoms with Gasteiger partial charge in [-0.05, 0) is 54.4 Å². The van der Waals surface area contributed by atoms with Crippen LogP contribution in [-0.2, 0) is 20.0 Å². The average Bonchev–Trinajstić information content (AvgIpc) is 3.05. The van der Waals surface area contributed by atoms with E-state index >= 15 is 0 Å². The third-order valence-corrected chi connectivity index (χ3v) is 5.95. The number of fused-ring (bicyclic) bond motifs is 3. The zero-order valence-electron chi connectivity index (χ0n) is 17.3. The van der Waals surface area contributed by atoms with Gasteiger partial charge in [-0.2, -0.15) is 0 Å². The van der Waals surface area contributed by atoms with Gasteiger partial charge in [-0.15, -0.1) is 12.4 Å². The molecule has 7 heteroatoms. The molecule has 160 valence electrons. The quantitative estimate of drug-likeness (QED) is 0.520. The van der Waals surface area contributed by atoms with Crippen molar-refractivity contribution in [1.29, 1.82) is 0 Å². The maximum absolute atomic E-state index is 14.4. The first-order chi connectivity index (χ1) is 14.6. The van der Waals surface area contributed by atoms with Crippen molar-refractivity contribution in [3.8, 4) is 22.6 Å². The number of halogens is 2. The van der Waals surface area contributed by atoms with Crippen molar-refractivity contribution in [3.05, 3.63) is 82.2 Å². The highest BCUT2D eigenvalue weighted by molar-refractivity contribution is 5.87. The summed E-state index contributed by atoms with van der Waals surface area (Å²) in [5, 5.41) is 4.66. The summed E-state index contributed by atoms with van der Waals surface area (Å²) in [5.41, 5.74) is 5.29. The maximum Gasteiger partial charge on any atom is 0.255 e. The van der Waals surface area contributed by atoms with Crippen molar-refractivity contribution in [2.24, 2.45) is 7.05 Å². The Morgan fingerprint density at radius 3 is 2.68 bits per heavy atom. The van der Waals surface area contributed by atoms with Gasteiger partial charge in [0.1, 0.15) is 11.6 Å². The molecule has 4 aromatic rings. The summed E-state index contributed by atoms with van der Waals surface area (Å²) < 4.78 is 23.3. The van der Waals surface area contributed by atoms with Gasteiger partial charge in [-0.3, -0.25) is 9.36 Å². The number of ether oxygens (including phenoxy) is 1. The van der Waals surface area contributed by atoms with Gasteiger partial charge in [-0.1, -0.05) is 6.07 Å². The third-order valence-electron chi connectivity index (χ3n) is 5.95. The fraction of sp³-hybridized carbons (Fsp3) is 0.208. The fourth-order valence-corrected chi connectivity index (χ4v) is 4.35. The van der Waals surface area contributed by atoms with E-state index in [1.165, 1.54) is 35.9 Å². The van der Waals surface area contributed by atoms with Crippen LogP contribution in [0, 0.1) is 5.82 Å². The van der Waals surface area contributed by atoms with Gasteiger partial charge in [0.2, 0.25) is 0 Å². The van der Waals surface area contributed by atoms with Gasteiger partial charge in [-0.25, -0.2) is 4.39 Å². The van der Waals surface area contributed by atoms with E-state index in [4.69, 9.17) is 4.74 Å². The molecule has 0 spiro atoms. The number of aryl methyl sites for hydroxylation is 1. The predicted molar refractivity (Wildman–Crippen MR) is 123 cm³/mol. The highest BCUT2D eigenvalue weighted by atomic mass is 35.5. The van der Waals surface area contributed by atoms with Crippen LogP contribution in [0.4, 0.5) is 4.39 Å². The van der Waals surface area contributed by atoms with Crippen LogP contribution in [0.15, 0.2) is 59.5 Å². The van der Waals surface area contributed by atoms with Crippen LogP contribution in [0.25, 0.3) is 27.7 Å². The maximum atomic E-state index is 14.4. The Balaban J connectivity index is 0.00000231. The topological polar surface area (TPSA) is 48.2 Å². The van der Waals surface area contributed by atoms with Crippen molar-refractivity contribution in [2.45, 2.75) is 13.0 Å². The van der Waals surface area contributed by atoms with Crippen molar-refractivity contribution >= 4 is 23.3 Å². The molecule has 0 amide bonds. The summed E-state index contributed by atoms with van der Waals surface area (Å²) >= 11 is 0. The van der Waals surface area contributed by atoms with E-state index in [1.807, 2.05) is 12.1 Å². The molecule has 0 unspecified atom stereocenters. The Kier molecular flexibility index (Phi) is 5.60. The number of nitrogens with one attached hydrogen (secondary N) is 1. The van der Waals surface area contributed by atoms with Crippen LogP contribution in [0.2, 0.25) is 0 Å². The second-order valence-corrected chi connectivity index (χ2v) is 7.58. The lowest BCUT2D eigenvalue weighted by Crippen LogP contribution is -2.24. The first-order valence-corrected chi connectivity index (χ1v) is 9.94. The predicted octanol–water partition coefficient (Wildman–Crippen LogP) is 4.21. The monoisotopic (exact) mass is 439 g/mol. The van der Waals surface area contributed by atoms with Crippen molar-refractivity contribution in [2.75, 3.05) is 13.7 Å². The summed E-state index contributed by atoms with van der Waals surface area (Å²) in [4.78, 5) is 12.9. The molecule has 31 heavy (non-hydrogen) atoms. The van der Waals surface area contributed by atoms with E-state index < -0.39 is 5.82 Å². The molecule has 0 fully saturated rings. The minimum Gasteiger partial charge on any atom is -0.497 e. The SMILES string of the molecule is COc1ccc(-c2ccn(-c3ccc4c5c(n(C)c4c3)CNCC5)c(=O)c2)c(F)c1.Cl. The number of methoxy groups -OCH3 is 1. The highest BCUT2D eigenvalue weighted by Gasteiger charge is 2.18. The molecular weight excluding hydrogens is 417 g/mol. The minimum atomic E-state index is -0.420. The van der Waals surface area contributed by atoms with E-state index in [0.717, 1.165) is 30.7 Å². The molecule has 5 rings (SSSR count). The van der Waals surface area contributed by atoms with Crippen LogP contribution in [0.5, 0.6) is 5.75 Å². The Bertz CT molecular complexity index is 1340. The molecule has 0 bridgehead atoms. The molecule has 0 aliphatic carbocycles. The molecule has 0 radical (unpaired) electrons. The first-order valence-electron chi connectivity index (χ1n) is 9.94. The molecule has 0 atom stereocenters. The Morgan fingerprint density at radius 2 is 1.94 bits per heavy atom. The van der Waals surface area contributed by atoms with Crippen molar-refractivity contribution in [1.82, 2.24) is 14.5 Å². The van der Waals surface area contributed by atoms with Gasteiger partial charge in [0.25, 0.3) is 5.56 Å². The van der Waals surface area contributed by atoms with E-state index in [9.17, 15) is 9.18 Å². The van der Waals surface area contributed by atoms with Crippen molar-refractivity contribution < 1.29 is 9.13 Å². The highest BCUT2D eigenvalue weighted by Crippen LogP contribution is 2.30. The number of nitrogens with zero attached hydrogens (tertiary/aromatic N) is 2. The molecule has 0 saturated heterocycles. The fourth-order valence-electron chi connectivity index (χ4n) is 4.35. The van der Waals surface area contributed by atoms with Crippen LogP contribution < -0.4 is 15.6 Å². The summed E-state index contributed by atoms with van der Waals surface area (Å²) in [7, 11) is 3.56. The summed E-state index contributed by atoms with van der Waals surface area (Å²) in [5.74, 6) is 0.0225. The lowest BCUT2D eigenvalue weighted by Gasteiger charge is -2.14. The Labute approximate surface area is 185 Å². The second-order valence-electron chi connectivity index (χ2n) is 7.58. The molecule has 3 heterocycles. The van der Waals surface area contributed by atoms with Gasteiger partial charge in [0.15, 0.2) is 0 Å². The van der Waals surface area contributed by atoms with E-state index in [0.29, 0.717) is 16.9 Å². The Morgan fingerprint density at radius 1 is 1.10 bits per heavy atom. The van der Waals surface area contributed by atoms with E-state index in [-0.39, 0.29) is 18.0 Å². The van der Waals surface area contributed by atoms with Crippen LogP contribution in [0.3, 0.4) is 0 Å². The standard InChI is InChI=1S/C24H22FN3O2.ClH/c1-27-22-12-16(3-5-19(22)20-7-9-26-14-23(20)27)28-10-8-15(11-24(28)29)18-6-4-17(30-2)13-21(18)25;/h3-6,8,10-13,26H,7,9,14H2,1-2H3;1H. The zero-order chi connectivity index (χ0) is 20.8. The van der Waals surface area contributed by atoms with E-state index in [2.05, 4.69) is 23.0 Å². The summed E-state index contributed by atoms with van der Waals surface area (Å²) in [6.07, 6.45) is 2.71. The van der Waals surface area contributed by atoms with E-state index in [1.54, 1.807) is 29.0 Å². The number of benzene rings is 2. The zero-order valence-corrected chi connectivity index (χ0v) is 18.1. The smallest absolute Gasteiger partial charge is 0.255 e. The molecule has 1 aliphatic heterocycles. The Hall–Kier alpha value is -3.09. The lowest BCUT2D eigenvalue weighted by molar-refractivity contribution is 0.411. The number of pyridine rings is 1. The minimum absolute atomic E-state index is 0. The molecule has 2 aromatic carbocycles. The molecular formula is C24H23ClFN3O2. The molecule has 0 saturated carbocycles. The first kappa shape index (κ1) is 21.2. The molecule has 1 N–H and O–H groups in total. The van der Waals surface area contributed by atoms with Crippen molar-refractivity contribution in [3.63, 3.8) is 0 Å². The molecule has 1 aliphatic rings. The number of rotatable bonds is 3. The number of hydrogen-bond acceptors (Lipinski definition) is 3. The summed E-state index contributed by atoms with van der Waals surface area (Å²) in [6.45, 7) is 1.84. The number of hydrogen-bond donors (Lipinski definition) is 1. The largest absolute Gasteiger partial charge is 0.497 e. The van der Waals surface area contributed by atoms with Crippen LogP contribution >= 0.6 is 12.4 Å². The third kappa shape index (κ3) is 3.52.